The Labute approximate surface area is 334 Å². The second-order valence-corrected chi connectivity index (χ2v) is 24.6. The largest absolute Gasteiger partial charge is 0.460 e. The first kappa shape index (κ1) is 43.8. The van der Waals surface area contributed by atoms with Crippen molar-refractivity contribution in [3.63, 3.8) is 0 Å². The van der Waals surface area contributed by atoms with Crippen molar-refractivity contribution in [1.29, 1.82) is 0 Å². The summed E-state index contributed by atoms with van der Waals surface area (Å²) in [5.74, 6) is 2.57. The van der Waals surface area contributed by atoms with Gasteiger partial charge in [-0.1, -0.05) is 20.8 Å². The summed E-state index contributed by atoms with van der Waals surface area (Å²) in [6, 6.07) is 4.19. The highest BCUT2D eigenvalue weighted by molar-refractivity contribution is 7.15. The fraction of sp³-hybridized carbons (Fsp3) is 0.632. The molecule has 4 aromatic rings. The minimum atomic E-state index is -2.22. The molecule has 0 aromatic carbocycles. The molecule has 2 atom stereocenters. The van der Waals surface area contributed by atoms with E-state index in [2.05, 4.69) is 73.3 Å². The molecule has 1 unspecified atom stereocenters. The van der Waals surface area contributed by atoms with Crippen LogP contribution in [-0.4, -0.2) is 61.0 Å². The highest BCUT2D eigenvalue weighted by atomic mass is 35.5. The van der Waals surface area contributed by atoms with Gasteiger partial charge in [-0.25, -0.2) is 0 Å². The molecule has 4 aromatic heterocycles. The molecule has 1 aliphatic heterocycles. The number of carbonyl (C=O) groups is 2. The molecule has 54 heavy (non-hydrogen) atoms. The Morgan fingerprint density at radius 1 is 0.852 bits per heavy atom. The molecule has 0 fully saturated rings. The molecule has 12 nitrogen and oxygen atoms in total. The average Bonchev–Trinajstić information content (AvgIpc) is 3.75. The van der Waals surface area contributed by atoms with Crippen molar-refractivity contribution in [2.75, 3.05) is 0 Å². The van der Waals surface area contributed by atoms with Gasteiger partial charge in [-0.05, 0) is 99.5 Å². The predicted molar refractivity (Wildman–Crippen MR) is 216 cm³/mol. The normalized spacial score (nSPS) is 15.4. The number of aryl methyl sites for hydroxylation is 4. The van der Waals surface area contributed by atoms with Crippen LogP contribution in [0.5, 0.6) is 0 Å². The Morgan fingerprint density at radius 2 is 1.41 bits per heavy atom. The lowest BCUT2D eigenvalue weighted by molar-refractivity contribution is -0.159. The third-order valence-electron chi connectivity index (χ3n) is 8.87. The zero-order valence-corrected chi connectivity index (χ0v) is 37.9. The Morgan fingerprint density at radius 3 is 2.00 bits per heavy atom. The summed E-state index contributed by atoms with van der Waals surface area (Å²) in [4.78, 5) is 27.3. The molecular weight excluding hydrogens is 764 g/mol. The van der Waals surface area contributed by atoms with E-state index in [1.54, 1.807) is 22.7 Å². The van der Waals surface area contributed by atoms with Gasteiger partial charge in [-0.15, -0.1) is 54.7 Å². The minimum Gasteiger partial charge on any atom is -0.460 e. The molecule has 16 heteroatoms. The van der Waals surface area contributed by atoms with Crippen LogP contribution in [0.4, 0.5) is 0 Å². The van der Waals surface area contributed by atoms with Gasteiger partial charge in [-0.2, -0.15) is 0 Å². The Balaban J connectivity index is 0.000000251. The Kier molecular flexibility index (Phi) is 13.5. The quantitative estimate of drug-likeness (QED) is 0.0913. The molecule has 5 rings (SSSR count). The fourth-order valence-corrected chi connectivity index (χ4v) is 9.26. The molecule has 0 saturated heterocycles. The van der Waals surface area contributed by atoms with E-state index in [1.807, 2.05) is 71.4 Å². The summed E-state index contributed by atoms with van der Waals surface area (Å²) in [6.07, 6.45) is -0.820. The first-order chi connectivity index (χ1) is 24.8. The van der Waals surface area contributed by atoms with Crippen molar-refractivity contribution in [1.82, 2.24) is 29.5 Å². The van der Waals surface area contributed by atoms with E-state index < -0.39 is 31.7 Å². The SMILES string of the molecule is Cc1cc(CCl)c(-n2c(C)nnc2[C@H](CC(=O)OC(C)(C)C)O[Si](C)(C)C(C)(C)C)s1.Cc1cc2c(s1)-n1c(C)nnc1C(CC(=O)OC(C)(C)C)OC2. The lowest BCUT2D eigenvalue weighted by Crippen LogP contribution is -2.42. The number of thiophene rings is 2. The third-order valence-corrected chi connectivity index (χ3v) is 15.8. The summed E-state index contributed by atoms with van der Waals surface area (Å²) in [7, 11) is -2.22. The van der Waals surface area contributed by atoms with E-state index in [9.17, 15) is 9.59 Å². The van der Waals surface area contributed by atoms with Crippen LogP contribution in [0.3, 0.4) is 0 Å². The van der Waals surface area contributed by atoms with Crippen LogP contribution in [0.2, 0.25) is 18.1 Å². The van der Waals surface area contributed by atoms with E-state index in [1.165, 1.54) is 4.88 Å². The number of halogens is 1. The average molecular weight is 822 g/mol. The Hall–Kier alpha value is -2.95. The molecule has 0 spiro atoms. The van der Waals surface area contributed by atoms with Crippen molar-refractivity contribution in [2.24, 2.45) is 0 Å². The van der Waals surface area contributed by atoms with Gasteiger partial charge in [0.15, 0.2) is 20.0 Å². The van der Waals surface area contributed by atoms with Gasteiger partial charge in [0.05, 0.1) is 25.3 Å². The van der Waals surface area contributed by atoms with Gasteiger partial charge in [0, 0.05) is 20.9 Å². The van der Waals surface area contributed by atoms with Gasteiger partial charge in [0.25, 0.3) is 0 Å². The second-order valence-electron chi connectivity index (χ2n) is 17.1. The first-order valence-electron chi connectivity index (χ1n) is 18.1. The topological polar surface area (TPSA) is 132 Å². The molecule has 0 amide bonds. The number of fused-ring (bicyclic) bond motifs is 3. The third kappa shape index (κ3) is 10.9. The smallest absolute Gasteiger partial charge is 0.309 e. The summed E-state index contributed by atoms with van der Waals surface area (Å²) in [6.45, 7) is 30.4. The van der Waals surface area contributed by atoms with Gasteiger partial charge in [0.1, 0.15) is 45.1 Å². The molecule has 1 aliphatic rings. The highest BCUT2D eigenvalue weighted by Gasteiger charge is 2.42. The number of hydrogen-bond donors (Lipinski definition) is 0. The predicted octanol–water partition coefficient (Wildman–Crippen LogP) is 9.73. The number of alkyl halides is 1. The lowest BCUT2D eigenvalue weighted by Gasteiger charge is -2.39. The van der Waals surface area contributed by atoms with E-state index >= 15 is 0 Å². The number of nitrogens with zero attached hydrogens (tertiary/aromatic N) is 6. The number of esters is 2. The minimum absolute atomic E-state index is 0.0279. The zero-order valence-electron chi connectivity index (χ0n) is 34.5. The number of aromatic nitrogens is 6. The van der Waals surface area contributed by atoms with Gasteiger partial charge >= 0.3 is 11.9 Å². The Bertz CT molecular complexity index is 1950. The standard InChI is InChI=1S/C22H36ClN3O3SSi.C16H21N3O3S/c1-14-11-16(13-23)20(30-14)26-15(2)24-25-19(26)17(12-18(27)28-21(3,4)5)29-31(9,10)22(6,7)8;1-9-6-11-8-21-12(7-13(20)22-16(3,4)5)14-18-17-10(2)19(14)15(11)23-9/h11,17H,12-13H2,1-10H3;6,12H,7-8H2,1-5H3/t17-;/m0./s1. The molecule has 0 radical (unpaired) electrons. The number of hydrogen-bond acceptors (Lipinski definition) is 12. The lowest BCUT2D eigenvalue weighted by atomic mass is 10.2. The molecule has 5 heterocycles. The summed E-state index contributed by atoms with van der Waals surface area (Å²) >= 11 is 9.54. The van der Waals surface area contributed by atoms with E-state index in [4.69, 9.17) is 30.2 Å². The summed E-state index contributed by atoms with van der Waals surface area (Å²) in [5.41, 5.74) is 1.03. The number of rotatable bonds is 9. The van der Waals surface area contributed by atoms with Gasteiger partial charge in [0.2, 0.25) is 0 Å². The molecule has 0 N–H and O–H groups in total. The molecular formula is C38H57ClN6O6S2Si. The van der Waals surface area contributed by atoms with Crippen molar-refractivity contribution < 1.29 is 28.2 Å². The van der Waals surface area contributed by atoms with Crippen LogP contribution < -0.4 is 0 Å². The summed E-state index contributed by atoms with van der Waals surface area (Å²) < 4.78 is 27.7. The molecule has 0 saturated carbocycles. The van der Waals surface area contributed by atoms with E-state index in [0.29, 0.717) is 24.1 Å². The molecule has 0 bridgehead atoms. The maximum Gasteiger partial charge on any atom is 0.309 e. The summed E-state index contributed by atoms with van der Waals surface area (Å²) in [5, 5.41) is 19.2. The molecule has 298 valence electrons. The van der Waals surface area contributed by atoms with Crippen LogP contribution in [0.25, 0.3) is 10.0 Å². The van der Waals surface area contributed by atoms with Crippen LogP contribution >= 0.6 is 34.3 Å². The van der Waals surface area contributed by atoms with Gasteiger partial charge in [-0.3, -0.25) is 18.7 Å². The monoisotopic (exact) mass is 820 g/mol. The van der Waals surface area contributed by atoms with E-state index in [-0.39, 0.29) is 29.8 Å². The number of ether oxygens (including phenoxy) is 3. The van der Waals surface area contributed by atoms with Crippen molar-refractivity contribution in [2.45, 2.75) is 157 Å². The maximum absolute atomic E-state index is 12.8. The van der Waals surface area contributed by atoms with Crippen LogP contribution in [0.15, 0.2) is 12.1 Å². The van der Waals surface area contributed by atoms with Crippen molar-refractivity contribution >= 4 is 54.5 Å². The second kappa shape index (κ2) is 16.6. The van der Waals surface area contributed by atoms with Crippen LogP contribution in [-0.2, 0) is 40.7 Å². The van der Waals surface area contributed by atoms with Crippen LogP contribution in [0.1, 0.15) is 132 Å². The van der Waals surface area contributed by atoms with Gasteiger partial charge < -0.3 is 18.6 Å². The number of carbonyl (C=O) groups excluding carboxylic acids is 2. The maximum atomic E-state index is 12.8. The van der Waals surface area contributed by atoms with Crippen molar-refractivity contribution in [3.05, 3.63) is 56.3 Å². The molecule has 0 aliphatic carbocycles. The zero-order chi connectivity index (χ0) is 40.6. The van der Waals surface area contributed by atoms with Crippen LogP contribution in [0, 0.1) is 27.7 Å². The van der Waals surface area contributed by atoms with E-state index in [0.717, 1.165) is 37.7 Å². The van der Waals surface area contributed by atoms with Crippen molar-refractivity contribution in [3.8, 4) is 10.0 Å². The highest BCUT2D eigenvalue weighted by Crippen LogP contribution is 2.42. The fourth-order valence-electron chi connectivity index (χ4n) is 5.57. The first-order valence-corrected chi connectivity index (χ1v) is 23.2.